The molecule has 0 aliphatic carbocycles. The van der Waals surface area contributed by atoms with Crippen molar-refractivity contribution in [3.8, 4) is 0 Å². The number of imidazole rings is 1. The number of aromatic amines is 1. The summed E-state index contributed by atoms with van der Waals surface area (Å²) < 4.78 is 23.0. The zero-order valence-electron chi connectivity index (χ0n) is 11.9. The molecule has 0 amide bonds. The molecule has 0 aliphatic heterocycles. The molecule has 5 nitrogen and oxygen atoms in total. The minimum atomic E-state index is -3.18. The Labute approximate surface area is 119 Å². The SMILES string of the molecule is CC(CCN)CCc1nc2ccc(S(C)(=O)=O)cc2[nH]1. The fourth-order valence-electron chi connectivity index (χ4n) is 2.20. The molecule has 3 N–H and O–H groups in total. The fourth-order valence-corrected chi connectivity index (χ4v) is 2.85. The van der Waals surface area contributed by atoms with Gasteiger partial charge in [0.15, 0.2) is 9.84 Å². The van der Waals surface area contributed by atoms with Gasteiger partial charge in [-0.25, -0.2) is 13.4 Å². The molecular weight excluding hydrogens is 274 g/mol. The van der Waals surface area contributed by atoms with E-state index in [-0.39, 0.29) is 0 Å². The van der Waals surface area contributed by atoms with Gasteiger partial charge in [0.25, 0.3) is 0 Å². The van der Waals surface area contributed by atoms with Crippen LogP contribution in [0.4, 0.5) is 0 Å². The molecule has 1 atom stereocenters. The molecule has 0 fully saturated rings. The van der Waals surface area contributed by atoms with Crippen LogP contribution in [0.15, 0.2) is 23.1 Å². The Bertz CT molecular complexity index is 692. The van der Waals surface area contributed by atoms with Crippen molar-refractivity contribution in [1.29, 1.82) is 0 Å². The van der Waals surface area contributed by atoms with E-state index in [1.165, 1.54) is 6.26 Å². The predicted octanol–water partition coefficient (Wildman–Crippen LogP) is 1.88. The highest BCUT2D eigenvalue weighted by molar-refractivity contribution is 7.90. The van der Waals surface area contributed by atoms with Gasteiger partial charge >= 0.3 is 0 Å². The van der Waals surface area contributed by atoms with Crippen LogP contribution < -0.4 is 5.73 Å². The van der Waals surface area contributed by atoms with E-state index < -0.39 is 9.84 Å². The first kappa shape index (κ1) is 15.0. The molecule has 1 heterocycles. The van der Waals surface area contributed by atoms with E-state index in [1.54, 1.807) is 18.2 Å². The molecule has 2 aromatic rings. The maximum atomic E-state index is 11.5. The third-order valence-electron chi connectivity index (χ3n) is 3.46. The molecule has 0 saturated carbocycles. The number of hydrogen-bond donors (Lipinski definition) is 2. The second kappa shape index (κ2) is 5.93. The summed E-state index contributed by atoms with van der Waals surface area (Å²) in [5, 5.41) is 0. The summed E-state index contributed by atoms with van der Waals surface area (Å²) in [4.78, 5) is 8.00. The highest BCUT2D eigenvalue weighted by atomic mass is 32.2. The molecule has 2 rings (SSSR count). The molecule has 0 saturated heterocycles. The maximum absolute atomic E-state index is 11.5. The van der Waals surface area contributed by atoms with Crippen LogP contribution in [0.1, 0.15) is 25.6 Å². The first-order valence-corrected chi connectivity index (χ1v) is 8.68. The van der Waals surface area contributed by atoms with Crippen molar-refractivity contribution in [3.63, 3.8) is 0 Å². The van der Waals surface area contributed by atoms with E-state index in [4.69, 9.17) is 5.73 Å². The number of nitrogens with two attached hydrogens (primary N) is 1. The van der Waals surface area contributed by atoms with Gasteiger partial charge in [0.2, 0.25) is 0 Å². The number of aromatic nitrogens is 2. The molecule has 1 unspecified atom stereocenters. The molecule has 110 valence electrons. The largest absolute Gasteiger partial charge is 0.342 e. The van der Waals surface area contributed by atoms with Gasteiger partial charge in [0.05, 0.1) is 15.9 Å². The first-order valence-electron chi connectivity index (χ1n) is 6.79. The average Bonchev–Trinajstić information content (AvgIpc) is 2.77. The quantitative estimate of drug-likeness (QED) is 0.851. The van der Waals surface area contributed by atoms with E-state index in [0.29, 0.717) is 17.4 Å². The van der Waals surface area contributed by atoms with Crippen molar-refractivity contribution in [2.24, 2.45) is 11.7 Å². The van der Waals surface area contributed by atoms with E-state index in [2.05, 4.69) is 16.9 Å². The maximum Gasteiger partial charge on any atom is 0.175 e. The lowest BCUT2D eigenvalue weighted by atomic mass is 10.0. The van der Waals surface area contributed by atoms with E-state index in [0.717, 1.165) is 36.1 Å². The standard InChI is InChI=1S/C14H21N3O2S/c1-10(7-8-15)3-6-14-16-12-5-4-11(20(2,18)19)9-13(12)17-14/h4-5,9-10H,3,6-8,15H2,1-2H3,(H,16,17). The van der Waals surface area contributed by atoms with Crippen molar-refractivity contribution >= 4 is 20.9 Å². The Morgan fingerprint density at radius 1 is 1.35 bits per heavy atom. The van der Waals surface area contributed by atoms with Crippen molar-refractivity contribution in [3.05, 3.63) is 24.0 Å². The second-order valence-corrected chi connectivity index (χ2v) is 7.37. The molecule has 1 aromatic heterocycles. The number of fused-ring (bicyclic) bond motifs is 1. The van der Waals surface area contributed by atoms with Crippen LogP contribution in [-0.2, 0) is 16.3 Å². The molecule has 0 spiro atoms. The molecule has 0 aliphatic rings. The van der Waals surface area contributed by atoms with Crippen molar-refractivity contribution < 1.29 is 8.42 Å². The van der Waals surface area contributed by atoms with Gasteiger partial charge in [-0.3, -0.25) is 0 Å². The minimum absolute atomic E-state index is 0.316. The van der Waals surface area contributed by atoms with Gasteiger partial charge < -0.3 is 10.7 Å². The number of rotatable bonds is 6. The lowest BCUT2D eigenvalue weighted by Crippen LogP contribution is -2.06. The van der Waals surface area contributed by atoms with Crippen LogP contribution in [0.2, 0.25) is 0 Å². The average molecular weight is 295 g/mol. The van der Waals surface area contributed by atoms with Crippen molar-refractivity contribution in [2.45, 2.75) is 31.1 Å². The highest BCUT2D eigenvalue weighted by Gasteiger charge is 2.10. The van der Waals surface area contributed by atoms with Gasteiger partial charge in [-0.2, -0.15) is 0 Å². The Balaban J connectivity index is 2.17. The summed E-state index contributed by atoms with van der Waals surface area (Å²) in [5.74, 6) is 1.47. The van der Waals surface area contributed by atoms with Gasteiger partial charge in [0, 0.05) is 12.7 Å². The summed E-state index contributed by atoms with van der Waals surface area (Å²) in [5.41, 5.74) is 7.11. The smallest absolute Gasteiger partial charge is 0.175 e. The Hall–Kier alpha value is -1.40. The second-order valence-electron chi connectivity index (χ2n) is 5.36. The number of nitrogens with zero attached hydrogens (tertiary/aromatic N) is 1. The lowest BCUT2D eigenvalue weighted by Gasteiger charge is -2.07. The number of H-pyrrole nitrogens is 1. The zero-order chi connectivity index (χ0) is 14.8. The Morgan fingerprint density at radius 3 is 2.75 bits per heavy atom. The van der Waals surface area contributed by atoms with E-state index in [9.17, 15) is 8.42 Å². The third kappa shape index (κ3) is 3.58. The summed E-state index contributed by atoms with van der Waals surface area (Å²) in [6.07, 6.45) is 4.10. The van der Waals surface area contributed by atoms with Crippen LogP contribution in [-0.4, -0.2) is 31.2 Å². The molecule has 1 aromatic carbocycles. The molecular formula is C14H21N3O2S. The number of aryl methyl sites for hydroxylation is 1. The van der Waals surface area contributed by atoms with Crippen LogP contribution in [0, 0.1) is 5.92 Å². The number of hydrogen-bond acceptors (Lipinski definition) is 4. The van der Waals surface area contributed by atoms with Crippen LogP contribution in [0.25, 0.3) is 11.0 Å². The summed E-state index contributed by atoms with van der Waals surface area (Å²) in [6, 6.07) is 4.98. The topological polar surface area (TPSA) is 88.8 Å². The van der Waals surface area contributed by atoms with Crippen LogP contribution in [0.5, 0.6) is 0 Å². The van der Waals surface area contributed by atoms with E-state index >= 15 is 0 Å². The van der Waals surface area contributed by atoms with Gasteiger partial charge in [-0.1, -0.05) is 6.92 Å². The molecule has 6 heteroatoms. The zero-order valence-corrected chi connectivity index (χ0v) is 12.7. The predicted molar refractivity (Wildman–Crippen MR) is 80.4 cm³/mol. The van der Waals surface area contributed by atoms with E-state index in [1.807, 2.05) is 0 Å². The normalized spacial score (nSPS) is 13.8. The third-order valence-corrected chi connectivity index (χ3v) is 4.57. The van der Waals surface area contributed by atoms with Crippen LogP contribution in [0.3, 0.4) is 0 Å². The van der Waals surface area contributed by atoms with Crippen LogP contribution >= 0.6 is 0 Å². The summed E-state index contributed by atoms with van der Waals surface area (Å²) >= 11 is 0. The van der Waals surface area contributed by atoms with Crippen molar-refractivity contribution in [1.82, 2.24) is 9.97 Å². The highest BCUT2D eigenvalue weighted by Crippen LogP contribution is 2.19. The molecule has 0 bridgehead atoms. The van der Waals surface area contributed by atoms with Gasteiger partial charge in [0.1, 0.15) is 5.82 Å². The van der Waals surface area contributed by atoms with Gasteiger partial charge in [-0.05, 0) is 43.5 Å². The summed E-state index contributed by atoms with van der Waals surface area (Å²) in [6.45, 7) is 2.89. The monoisotopic (exact) mass is 295 g/mol. The minimum Gasteiger partial charge on any atom is -0.342 e. The molecule has 20 heavy (non-hydrogen) atoms. The number of benzene rings is 1. The number of sulfone groups is 1. The van der Waals surface area contributed by atoms with Crippen molar-refractivity contribution in [2.75, 3.05) is 12.8 Å². The van der Waals surface area contributed by atoms with Gasteiger partial charge in [-0.15, -0.1) is 0 Å². The Kier molecular flexibility index (Phi) is 4.45. The number of nitrogens with one attached hydrogen (secondary N) is 1. The Morgan fingerprint density at radius 2 is 2.10 bits per heavy atom. The lowest BCUT2D eigenvalue weighted by molar-refractivity contribution is 0.495. The first-order chi connectivity index (χ1) is 9.40. The fraction of sp³-hybridized carbons (Fsp3) is 0.500. The summed E-state index contributed by atoms with van der Waals surface area (Å²) in [7, 11) is -3.18. The molecule has 0 radical (unpaired) electrons.